The summed E-state index contributed by atoms with van der Waals surface area (Å²) in [5.74, 6) is -0.467. The fourth-order valence-electron chi connectivity index (χ4n) is 3.88. The van der Waals surface area contributed by atoms with Crippen LogP contribution in [0.2, 0.25) is 0 Å². The van der Waals surface area contributed by atoms with Crippen LogP contribution < -0.4 is 0 Å². The lowest BCUT2D eigenvalue weighted by Crippen LogP contribution is -2.10. The SMILES string of the molecule is COCCOC(=O)c1ccc2c(C(=Nc3ccc(CN(C)C)cc3)c3ccccc3)c(O)[nH]c2c1. The van der Waals surface area contributed by atoms with Gasteiger partial charge < -0.3 is 24.5 Å². The van der Waals surface area contributed by atoms with E-state index in [9.17, 15) is 9.90 Å². The topological polar surface area (TPSA) is 87.2 Å². The number of carbonyl (C=O) groups excluding carboxylic acids is 1. The number of ether oxygens (including phenoxy) is 2. The Kier molecular flexibility index (Phi) is 7.60. The van der Waals surface area contributed by atoms with Crippen LogP contribution in [0, 0.1) is 0 Å². The van der Waals surface area contributed by atoms with E-state index in [-0.39, 0.29) is 12.5 Å². The van der Waals surface area contributed by atoms with Gasteiger partial charge in [-0.05, 0) is 43.9 Å². The molecule has 0 spiro atoms. The molecule has 7 heteroatoms. The van der Waals surface area contributed by atoms with Crippen molar-refractivity contribution in [1.82, 2.24) is 9.88 Å². The van der Waals surface area contributed by atoms with Gasteiger partial charge in [-0.25, -0.2) is 9.79 Å². The van der Waals surface area contributed by atoms with Crippen molar-refractivity contribution in [2.24, 2.45) is 4.99 Å². The predicted octanol–water partition coefficient (Wildman–Crippen LogP) is 4.91. The minimum Gasteiger partial charge on any atom is -0.494 e. The number of hydrogen-bond donors (Lipinski definition) is 2. The van der Waals surface area contributed by atoms with Crippen molar-refractivity contribution >= 4 is 28.3 Å². The van der Waals surface area contributed by atoms with Crippen molar-refractivity contribution in [2.45, 2.75) is 6.54 Å². The third kappa shape index (κ3) is 5.77. The van der Waals surface area contributed by atoms with Gasteiger partial charge in [-0.3, -0.25) is 0 Å². The van der Waals surface area contributed by atoms with Gasteiger partial charge in [0.15, 0.2) is 5.88 Å². The number of fused-ring (bicyclic) bond motifs is 1. The monoisotopic (exact) mass is 471 g/mol. The molecule has 4 aromatic rings. The lowest BCUT2D eigenvalue weighted by molar-refractivity contribution is 0.0388. The summed E-state index contributed by atoms with van der Waals surface area (Å²) in [5.41, 5.74) is 5.03. The summed E-state index contributed by atoms with van der Waals surface area (Å²) in [5, 5.41) is 11.7. The summed E-state index contributed by atoms with van der Waals surface area (Å²) >= 11 is 0. The Morgan fingerprint density at radius 1 is 0.971 bits per heavy atom. The highest BCUT2D eigenvalue weighted by Crippen LogP contribution is 2.32. The van der Waals surface area contributed by atoms with Crippen molar-refractivity contribution in [3.8, 4) is 5.88 Å². The standard InChI is InChI=1S/C28H29N3O4/c1-31(2)18-19-9-12-22(13-10-19)29-26(20-7-5-4-6-8-20)25-23-14-11-21(17-24(23)30-27(25)32)28(33)35-16-15-34-3/h4-14,17,30,32H,15-16,18H2,1-3H3. The van der Waals surface area contributed by atoms with Crippen LogP contribution in [0.4, 0.5) is 5.69 Å². The fraction of sp³-hybridized carbons (Fsp3) is 0.214. The molecule has 1 heterocycles. The lowest BCUT2D eigenvalue weighted by Gasteiger charge is -2.10. The fourth-order valence-corrected chi connectivity index (χ4v) is 3.88. The number of benzene rings is 3. The first-order valence-corrected chi connectivity index (χ1v) is 11.3. The second-order valence-corrected chi connectivity index (χ2v) is 8.47. The van der Waals surface area contributed by atoms with Crippen molar-refractivity contribution in [1.29, 1.82) is 0 Å². The van der Waals surface area contributed by atoms with Crippen LogP contribution in [0.1, 0.15) is 27.0 Å². The molecule has 0 amide bonds. The normalized spacial score (nSPS) is 11.8. The average Bonchev–Trinajstić information content (AvgIpc) is 3.18. The van der Waals surface area contributed by atoms with Crippen LogP contribution in [-0.4, -0.2) is 61.1 Å². The van der Waals surface area contributed by atoms with Gasteiger partial charge >= 0.3 is 5.97 Å². The van der Waals surface area contributed by atoms with Crippen molar-refractivity contribution < 1.29 is 19.4 Å². The summed E-state index contributed by atoms with van der Waals surface area (Å²) in [6.07, 6.45) is 0. The molecule has 0 saturated heterocycles. The van der Waals surface area contributed by atoms with Crippen LogP contribution in [-0.2, 0) is 16.0 Å². The van der Waals surface area contributed by atoms with E-state index >= 15 is 0 Å². The van der Waals surface area contributed by atoms with Gasteiger partial charge in [-0.2, -0.15) is 0 Å². The molecule has 0 aliphatic heterocycles. The van der Waals surface area contributed by atoms with Gasteiger partial charge in [0.1, 0.15) is 6.61 Å². The summed E-state index contributed by atoms with van der Waals surface area (Å²) in [7, 11) is 5.61. The first-order chi connectivity index (χ1) is 17.0. The molecule has 0 aliphatic rings. The Bertz CT molecular complexity index is 1330. The number of carbonyl (C=O) groups is 1. The molecule has 35 heavy (non-hydrogen) atoms. The molecule has 0 atom stereocenters. The van der Waals surface area contributed by atoms with E-state index in [1.165, 1.54) is 5.56 Å². The van der Waals surface area contributed by atoms with Crippen molar-refractivity contribution in [3.05, 3.63) is 95.1 Å². The summed E-state index contributed by atoms with van der Waals surface area (Å²) in [6.45, 7) is 1.34. The number of esters is 1. The zero-order valence-electron chi connectivity index (χ0n) is 20.1. The molecule has 0 unspecified atom stereocenters. The number of aromatic hydroxyl groups is 1. The van der Waals surface area contributed by atoms with Crippen LogP contribution >= 0.6 is 0 Å². The maximum absolute atomic E-state index is 12.4. The molecular weight excluding hydrogens is 442 g/mol. The van der Waals surface area contributed by atoms with E-state index in [0.29, 0.717) is 29.0 Å². The maximum Gasteiger partial charge on any atom is 0.338 e. The summed E-state index contributed by atoms with van der Waals surface area (Å²) < 4.78 is 10.1. The first-order valence-electron chi connectivity index (χ1n) is 11.3. The van der Waals surface area contributed by atoms with Crippen LogP contribution in [0.15, 0.2) is 77.8 Å². The molecule has 0 aliphatic carbocycles. The van der Waals surface area contributed by atoms with Gasteiger partial charge in [-0.15, -0.1) is 0 Å². The third-order valence-electron chi connectivity index (χ3n) is 5.50. The van der Waals surface area contributed by atoms with Crippen molar-refractivity contribution in [3.63, 3.8) is 0 Å². The molecule has 180 valence electrons. The van der Waals surface area contributed by atoms with E-state index in [4.69, 9.17) is 14.5 Å². The number of aromatic amines is 1. The van der Waals surface area contributed by atoms with Gasteiger partial charge in [-0.1, -0.05) is 48.5 Å². The van der Waals surface area contributed by atoms with Gasteiger partial charge in [0.25, 0.3) is 0 Å². The van der Waals surface area contributed by atoms with E-state index in [2.05, 4.69) is 22.0 Å². The molecule has 2 N–H and O–H groups in total. The zero-order valence-corrected chi connectivity index (χ0v) is 20.1. The third-order valence-corrected chi connectivity index (χ3v) is 5.50. The largest absolute Gasteiger partial charge is 0.494 e. The molecule has 7 nitrogen and oxygen atoms in total. The Labute approximate surface area is 204 Å². The number of nitrogens with zero attached hydrogens (tertiary/aromatic N) is 2. The highest BCUT2D eigenvalue weighted by Gasteiger charge is 2.20. The number of methoxy groups -OCH3 is 1. The summed E-state index contributed by atoms with van der Waals surface area (Å²) in [6, 6.07) is 22.9. The Morgan fingerprint density at radius 3 is 2.40 bits per heavy atom. The number of hydrogen-bond acceptors (Lipinski definition) is 6. The highest BCUT2D eigenvalue weighted by atomic mass is 16.6. The van der Waals surface area contributed by atoms with E-state index in [1.54, 1.807) is 25.3 Å². The minimum absolute atomic E-state index is 0.0169. The van der Waals surface area contributed by atoms with E-state index in [0.717, 1.165) is 23.2 Å². The van der Waals surface area contributed by atoms with Crippen LogP contribution in [0.5, 0.6) is 5.88 Å². The van der Waals surface area contributed by atoms with Crippen LogP contribution in [0.3, 0.4) is 0 Å². The Balaban J connectivity index is 1.75. The molecule has 0 radical (unpaired) electrons. The average molecular weight is 472 g/mol. The lowest BCUT2D eigenvalue weighted by atomic mass is 10.00. The first kappa shape index (κ1) is 24.2. The van der Waals surface area contributed by atoms with Gasteiger partial charge in [0.2, 0.25) is 0 Å². The van der Waals surface area contributed by atoms with Crippen LogP contribution in [0.25, 0.3) is 10.9 Å². The molecule has 4 rings (SSSR count). The number of H-pyrrole nitrogens is 1. The Hall–Kier alpha value is -3.94. The van der Waals surface area contributed by atoms with E-state index in [1.807, 2.05) is 56.6 Å². The molecule has 0 saturated carbocycles. The molecular formula is C28H29N3O4. The minimum atomic E-state index is -0.450. The molecule has 3 aromatic carbocycles. The number of rotatable bonds is 9. The molecule has 1 aromatic heterocycles. The Morgan fingerprint density at radius 2 is 1.71 bits per heavy atom. The highest BCUT2D eigenvalue weighted by molar-refractivity contribution is 6.22. The predicted molar refractivity (Wildman–Crippen MR) is 138 cm³/mol. The molecule has 0 fully saturated rings. The number of aromatic nitrogens is 1. The van der Waals surface area contributed by atoms with Crippen molar-refractivity contribution in [2.75, 3.05) is 34.4 Å². The summed E-state index contributed by atoms with van der Waals surface area (Å²) in [4.78, 5) is 22.4. The zero-order chi connectivity index (χ0) is 24.8. The second kappa shape index (κ2) is 11.0. The molecule has 0 bridgehead atoms. The van der Waals surface area contributed by atoms with Gasteiger partial charge in [0.05, 0.1) is 29.1 Å². The smallest absolute Gasteiger partial charge is 0.338 e. The van der Waals surface area contributed by atoms with E-state index < -0.39 is 5.97 Å². The quantitative estimate of drug-likeness (QED) is 0.206. The maximum atomic E-state index is 12.4. The van der Waals surface area contributed by atoms with Gasteiger partial charge in [0, 0.05) is 30.1 Å². The number of nitrogens with one attached hydrogen (secondary N) is 1. The second-order valence-electron chi connectivity index (χ2n) is 8.47. The number of aliphatic imine (C=N–C) groups is 1.